The summed E-state index contributed by atoms with van der Waals surface area (Å²) < 4.78 is 5.16. The van der Waals surface area contributed by atoms with E-state index in [0.29, 0.717) is 18.2 Å². The second kappa shape index (κ2) is 4.33. The van der Waals surface area contributed by atoms with Gasteiger partial charge in [0.15, 0.2) is 5.69 Å². The Kier molecular flexibility index (Phi) is 2.89. The molecule has 0 bridgehead atoms. The van der Waals surface area contributed by atoms with Crippen LogP contribution in [-0.2, 0) is 4.74 Å². The summed E-state index contributed by atoms with van der Waals surface area (Å²) in [5, 5.41) is 6.20. The first kappa shape index (κ1) is 10.0. The van der Waals surface area contributed by atoms with Crippen LogP contribution in [0.1, 0.15) is 36.2 Å². The van der Waals surface area contributed by atoms with E-state index in [0.717, 1.165) is 12.8 Å². The Balaban J connectivity index is 1.84. The minimum atomic E-state index is -0.406. The van der Waals surface area contributed by atoms with Crippen LogP contribution in [0.15, 0.2) is 6.20 Å². The van der Waals surface area contributed by atoms with Gasteiger partial charge in [-0.2, -0.15) is 5.10 Å². The van der Waals surface area contributed by atoms with E-state index in [9.17, 15) is 4.79 Å². The smallest absolute Gasteiger partial charge is 0.358 e. The zero-order chi connectivity index (χ0) is 10.7. The van der Waals surface area contributed by atoms with Gasteiger partial charge in [0.2, 0.25) is 0 Å². The summed E-state index contributed by atoms with van der Waals surface area (Å²) in [5.41, 5.74) is 6.13. The van der Waals surface area contributed by atoms with Crippen LogP contribution in [0.4, 0.5) is 5.69 Å². The number of esters is 1. The molecule has 5 nitrogen and oxygen atoms in total. The van der Waals surface area contributed by atoms with Crippen LogP contribution in [-0.4, -0.2) is 22.8 Å². The van der Waals surface area contributed by atoms with Crippen LogP contribution in [0.2, 0.25) is 0 Å². The SMILES string of the molecule is Nc1cn[nH]c1C(=O)OCC1CCCC1. The van der Waals surface area contributed by atoms with Crippen molar-refractivity contribution in [2.24, 2.45) is 5.92 Å². The number of carbonyl (C=O) groups is 1. The van der Waals surface area contributed by atoms with Crippen molar-refractivity contribution in [3.8, 4) is 0 Å². The minimum Gasteiger partial charge on any atom is -0.461 e. The number of carbonyl (C=O) groups excluding carboxylic acids is 1. The molecule has 82 valence electrons. The van der Waals surface area contributed by atoms with Crippen molar-refractivity contribution in [3.63, 3.8) is 0 Å². The molecular formula is C10H15N3O2. The third-order valence-electron chi connectivity index (χ3n) is 2.80. The molecule has 1 aromatic rings. The number of nitrogens with one attached hydrogen (secondary N) is 1. The number of nitrogen functional groups attached to an aromatic ring is 1. The summed E-state index contributed by atoms with van der Waals surface area (Å²) >= 11 is 0. The van der Waals surface area contributed by atoms with Crippen molar-refractivity contribution in [1.82, 2.24) is 10.2 Å². The van der Waals surface area contributed by atoms with Gasteiger partial charge >= 0.3 is 5.97 Å². The molecule has 0 aromatic carbocycles. The first-order chi connectivity index (χ1) is 7.27. The van der Waals surface area contributed by atoms with Gasteiger partial charge in [-0.05, 0) is 18.8 Å². The highest BCUT2D eigenvalue weighted by atomic mass is 16.5. The van der Waals surface area contributed by atoms with Crippen molar-refractivity contribution < 1.29 is 9.53 Å². The van der Waals surface area contributed by atoms with Crippen LogP contribution in [0, 0.1) is 5.92 Å². The Labute approximate surface area is 88.0 Å². The maximum absolute atomic E-state index is 11.5. The van der Waals surface area contributed by atoms with Crippen LogP contribution in [0.25, 0.3) is 0 Å². The zero-order valence-corrected chi connectivity index (χ0v) is 8.53. The molecule has 2 rings (SSSR count). The number of anilines is 1. The lowest BCUT2D eigenvalue weighted by atomic mass is 10.1. The molecule has 1 heterocycles. The normalized spacial score (nSPS) is 16.8. The molecule has 0 aliphatic heterocycles. The molecule has 1 saturated carbocycles. The van der Waals surface area contributed by atoms with Crippen LogP contribution in [0.3, 0.4) is 0 Å². The fourth-order valence-corrected chi connectivity index (χ4v) is 1.90. The van der Waals surface area contributed by atoms with E-state index in [1.165, 1.54) is 19.0 Å². The number of aromatic nitrogens is 2. The maximum Gasteiger partial charge on any atom is 0.358 e. The van der Waals surface area contributed by atoms with Gasteiger partial charge in [0.1, 0.15) is 0 Å². The first-order valence-corrected chi connectivity index (χ1v) is 5.23. The van der Waals surface area contributed by atoms with Gasteiger partial charge in [-0.25, -0.2) is 4.79 Å². The van der Waals surface area contributed by atoms with Gasteiger partial charge < -0.3 is 10.5 Å². The number of nitrogens with zero attached hydrogens (tertiary/aromatic N) is 1. The van der Waals surface area contributed by atoms with Gasteiger partial charge in [0.25, 0.3) is 0 Å². The number of rotatable bonds is 3. The van der Waals surface area contributed by atoms with Gasteiger partial charge in [0, 0.05) is 0 Å². The summed E-state index contributed by atoms with van der Waals surface area (Å²) in [6.07, 6.45) is 6.21. The lowest BCUT2D eigenvalue weighted by molar-refractivity contribution is 0.0437. The molecule has 1 aliphatic rings. The second-order valence-corrected chi connectivity index (χ2v) is 3.95. The predicted octanol–water partition coefficient (Wildman–Crippen LogP) is 1.34. The highest BCUT2D eigenvalue weighted by Gasteiger charge is 2.19. The Morgan fingerprint density at radius 1 is 1.60 bits per heavy atom. The molecule has 1 aliphatic carbocycles. The molecule has 0 spiro atoms. The molecule has 15 heavy (non-hydrogen) atoms. The molecule has 1 fully saturated rings. The number of H-pyrrole nitrogens is 1. The molecule has 0 unspecified atom stereocenters. The highest BCUT2D eigenvalue weighted by molar-refractivity contribution is 5.92. The van der Waals surface area contributed by atoms with E-state index < -0.39 is 5.97 Å². The summed E-state index contributed by atoms with van der Waals surface area (Å²) in [6, 6.07) is 0. The van der Waals surface area contributed by atoms with Gasteiger partial charge in [0.05, 0.1) is 18.5 Å². The Morgan fingerprint density at radius 2 is 2.33 bits per heavy atom. The fraction of sp³-hybridized carbons (Fsp3) is 0.600. The third kappa shape index (κ3) is 2.29. The second-order valence-electron chi connectivity index (χ2n) is 3.95. The monoisotopic (exact) mass is 209 g/mol. The molecule has 0 amide bonds. The van der Waals surface area contributed by atoms with E-state index in [1.54, 1.807) is 0 Å². The van der Waals surface area contributed by atoms with Crippen LogP contribution in [0.5, 0.6) is 0 Å². The topological polar surface area (TPSA) is 81.0 Å². The van der Waals surface area contributed by atoms with Crippen molar-refractivity contribution in [3.05, 3.63) is 11.9 Å². The molecule has 1 aromatic heterocycles. The minimum absolute atomic E-state index is 0.257. The lowest BCUT2D eigenvalue weighted by Crippen LogP contribution is -2.13. The van der Waals surface area contributed by atoms with Crippen molar-refractivity contribution in [2.45, 2.75) is 25.7 Å². The van der Waals surface area contributed by atoms with Gasteiger partial charge in [-0.15, -0.1) is 0 Å². The number of hydrogen-bond acceptors (Lipinski definition) is 4. The predicted molar refractivity (Wildman–Crippen MR) is 55.2 cm³/mol. The van der Waals surface area contributed by atoms with Crippen LogP contribution < -0.4 is 5.73 Å². The molecule has 0 saturated heterocycles. The molecular weight excluding hydrogens is 194 g/mol. The van der Waals surface area contributed by atoms with E-state index in [1.807, 2.05) is 0 Å². The molecule has 5 heteroatoms. The van der Waals surface area contributed by atoms with E-state index in [2.05, 4.69) is 10.2 Å². The standard InChI is InChI=1S/C10H15N3O2/c11-8-5-12-13-9(8)10(14)15-6-7-3-1-2-4-7/h5,7H,1-4,6,11H2,(H,12,13). The summed E-state index contributed by atoms with van der Waals surface area (Å²) in [5.74, 6) is 0.120. The van der Waals surface area contributed by atoms with Crippen molar-refractivity contribution >= 4 is 11.7 Å². The van der Waals surface area contributed by atoms with Gasteiger partial charge in [-0.3, -0.25) is 5.10 Å². The van der Waals surface area contributed by atoms with Gasteiger partial charge in [-0.1, -0.05) is 12.8 Å². The van der Waals surface area contributed by atoms with Crippen LogP contribution >= 0.6 is 0 Å². The average Bonchev–Trinajstić information content (AvgIpc) is 2.84. The summed E-state index contributed by atoms with van der Waals surface area (Å²) in [7, 11) is 0. The number of aromatic amines is 1. The summed E-state index contributed by atoms with van der Waals surface area (Å²) in [6.45, 7) is 0.497. The third-order valence-corrected chi connectivity index (χ3v) is 2.80. The maximum atomic E-state index is 11.5. The Morgan fingerprint density at radius 3 is 2.93 bits per heavy atom. The lowest BCUT2D eigenvalue weighted by Gasteiger charge is -2.09. The quantitative estimate of drug-likeness (QED) is 0.736. The van der Waals surface area contributed by atoms with E-state index in [4.69, 9.17) is 10.5 Å². The Bertz CT molecular complexity index is 342. The largest absolute Gasteiger partial charge is 0.461 e. The first-order valence-electron chi connectivity index (χ1n) is 5.23. The fourth-order valence-electron chi connectivity index (χ4n) is 1.90. The van der Waals surface area contributed by atoms with Crippen molar-refractivity contribution in [2.75, 3.05) is 12.3 Å². The molecule has 3 N–H and O–H groups in total. The number of nitrogens with two attached hydrogens (primary N) is 1. The number of hydrogen-bond donors (Lipinski definition) is 2. The molecule has 0 radical (unpaired) electrons. The zero-order valence-electron chi connectivity index (χ0n) is 8.53. The van der Waals surface area contributed by atoms with E-state index in [-0.39, 0.29) is 5.69 Å². The number of ether oxygens (including phenoxy) is 1. The average molecular weight is 209 g/mol. The highest BCUT2D eigenvalue weighted by Crippen LogP contribution is 2.25. The molecule has 0 atom stereocenters. The van der Waals surface area contributed by atoms with E-state index >= 15 is 0 Å². The van der Waals surface area contributed by atoms with Crippen molar-refractivity contribution in [1.29, 1.82) is 0 Å². The Hall–Kier alpha value is -1.52. The summed E-state index contributed by atoms with van der Waals surface area (Å²) in [4.78, 5) is 11.5.